The third-order valence-electron chi connectivity index (χ3n) is 4.02. The molecule has 0 atom stereocenters. The first kappa shape index (κ1) is 18.7. The number of likely N-dealkylation sites (N-methyl/N-ethyl adjacent to an activating group) is 1. The van der Waals surface area contributed by atoms with Gasteiger partial charge in [-0.1, -0.05) is 53.2 Å². The zero-order valence-electron chi connectivity index (χ0n) is 15.5. The predicted molar refractivity (Wildman–Crippen MR) is 105 cm³/mol. The van der Waals surface area contributed by atoms with Crippen LogP contribution in [0.4, 0.5) is 5.88 Å². The van der Waals surface area contributed by atoms with Crippen LogP contribution in [-0.2, 0) is 4.79 Å². The average Bonchev–Trinajstić information content (AvgIpc) is 3.11. The molecular weight excluding hydrogens is 342 g/mol. The van der Waals surface area contributed by atoms with Gasteiger partial charge in [-0.05, 0) is 26.1 Å². The Labute approximate surface area is 158 Å². The van der Waals surface area contributed by atoms with Crippen LogP contribution in [0.15, 0.2) is 65.2 Å². The van der Waals surface area contributed by atoms with Gasteiger partial charge in [0.2, 0.25) is 11.8 Å². The number of aryl methyl sites for hydroxylation is 1. The van der Waals surface area contributed by atoms with Crippen molar-refractivity contribution in [1.82, 2.24) is 10.1 Å². The maximum atomic E-state index is 12.2. The van der Waals surface area contributed by atoms with Crippen LogP contribution in [-0.4, -0.2) is 42.7 Å². The van der Waals surface area contributed by atoms with Crippen molar-refractivity contribution < 1.29 is 14.1 Å². The summed E-state index contributed by atoms with van der Waals surface area (Å²) in [5, 5.41) is 6.74. The molecule has 3 rings (SSSR count). The SMILES string of the molecule is Cc1ccc(-c2cc(NC(=O)CN(C)CCOc3ccccc3)on2)cc1. The van der Waals surface area contributed by atoms with E-state index in [-0.39, 0.29) is 12.5 Å². The van der Waals surface area contributed by atoms with E-state index in [9.17, 15) is 4.79 Å². The molecule has 0 spiro atoms. The van der Waals surface area contributed by atoms with E-state index in [0.29, 0.717) is 24.7 Å². The minimum atomic E-state index is -0.163. The number of para-hydroxylation sites is 1. The van der Waals surface area contributed by atoms with E-state index in [1.165, 1.54) is 5.56 Å². The molecular formula is C21H23N3O3. The van der Waals surface area contributed by atoms with Gasteiger partial charge in [-0.2, -0.15) is 0 Å². The summed E-state index contributed by atoms with van der Waals surface area (Å²) in [7, 11) is 1.87. The lowest BCUT2D eigenvalue weighted by Gasteiger charge is -2.16. The van der Waals surface area contributed by atoms with Gasteiger partial charge in [-0.3, -0.25) is 15.0 Å². The Balaban J connectivity index is 1.44. The van der Waals surface area contributed by atoms with Gasteiger partial charge in [0.1, 0.15) is 18.1 Å². The second-order valence-electron chi connectivity index (χ2n) is 6.39. The normalized spacial score (nSPS) is 10.8. The van der Waals surface area contributed by atoms with Gasteiger partial charge >= 0.3 is 0 Å². The summed E-state index contributed by atoms with van der Waals surface area (Å²) in [5.41, 5.74) is 2.81. The highest BCUT2D eigenvalue weighted by Crippen LogP contribution is 2.22. The van der Waals surface area contributed by atoms with Gasteiger partial charge in [-0.25, -0.2) is 0 Å². The number of carbonyl (C=O) groups is 1. The fourth-order valence-electron chi connectivity index (χ4n) is 2.53. The zero-order valence-corrected chi connectivity index (χ0v) is 15.5. The number of anilines is 1. The topological polar surface area (TPSA) is 67.6 Å². The largest absolute Gasteiger partial charge is 0.492 e. The first-order chi connectivity index (χ1) is 13.1. The Morgan fingerprint density at radius 3 is 2.63 bits per heavy atom. The van der Waals surface area contributed by atoms with Gasteiger partial charge in [0.15, 0.2) is 0 Å². The van der Waals surface area contributed by atoms with Crippen molar-refractivity contribution in [3.63, 3.8) is 0 Å². The Kier molecular flexibility index (Phi) is 6.22. The molecule has 1 N–H and O–H groups in total. The van der Waals surface area contributed by atoms with Gasteiger partial charge in [-0.15, -0.1) is 0 Å². The molecule has 1 heterocycles. The fraction of sp³-hybridized carbons (Fsp3) is 0.238. The van der Waals surface area contributed by atoms with Crippen LogP contribution < -0.4 is 10.1 Å². The molecule has 2 aromatic carbocycles. The van der Waals surface area contributed by atoms with E-state index < -0.39 is 0 Å². The number of nitrogens with one attached hydrogen (secondary N) is 1. The molecule has 0 aliphatic carbocycles. The van der Waals surface area contributed by atoms with Crippen LogP contribution >= 0.6 is 0 Å². The maximum Gasteiger partial charge on any atom is 0.240 e. The minimum Gasteiger partial charge on any atom is -0.492 e. The van der Waals surface area contributed by atoms with Crippen molar-refractivity contribution in [2.24, 2.45) is 0 Å². The predicted octanol–water partition coefficient (Wildman–Crippen LogP) is 3.60. The fourth-order valence-corrected chi connectivity index (χ4v) is 2.53. The lowest BCUT2D eigenvalue weighted by Crippen LogP contribution is -2.33. The summed E-state index contributed by atoms with van der Waals surface area (Å²) in [6.45, 7) is 3.40. The Morgan fingerprint density at radius 2 is 1.89 bits per heavy atom. The summed E-state index contributed by atoms with van der Waals surface area (Å²) in [5.74, 6) is 0.994. The summed E-state index contributed by atoms with van der Waals surface area (Å²) in [6.07, 6.45) is 0. The summed E-state index contributed by atoms with van der Waals surface area (Å²) < 4.78 is 10.9. The third-order valence-corrected chi connectivity index (χ3v) is 4.02. The van der Waals surface area contributed by atoms with Gasteiger partial charge < -0.3 is 9.26 Å². The maximum absolute atomic E-state index is 12.2. The molecule has 0 aliphatic heterocycles. The van der Waals surface area contributed by atoms with Gasteiger partial charge in [0.05, 0.1) is 6.54 Å². The van der Waals surface area contributed by atoms with Crippen LogP contribution in [0.5, 0.6) is 5.75 Å². The Morgan fingerprint density at radius 1 is 1.15 bits per heavy atom. The van der Waals surface area contributed by atoms with Gasteiger partial charge in [0, 0.05) is 18.2 Å². The second kappa shape index (κ2) is 9.00. The lowest BCUT2D eigenvalue weighted by molar-refractivity contribution is -0.117. The molecule has 3 aromatic rings. The lowest BCUT2D eigenvalue weighted by atomic mass is 10.1. The molecule has 0 saturated carbocycles. The molecule has 0 aliphatic rings. The van der Waals surface area contributed by atoms with Crippen LogP contribution in [0.2, 0.25) is 0 Å². The number of hydrogen-bond donors (Lipinski definition) is 1. The standard InChI is InChI=1S/C21H23N3O3/c1-16-8-10-17(11-9-16)19-14-21(27-23-19)22-20(25)15-24(2)12-13-26-18-6-4-3-5-7-18/h3-11,14H,12-13,15H2,1-2H3,(H,22,25). The van der Waals surface area contributed by atoms with E-state index in [4.69, 9.17) is 9.26 Å². The molecule has 0 radical (unpaired) electrons. The van der Waals surface area contributed by atoms with E-state index in [0.717, 1.165) is 11.3 Å². The number of amides is 1. The summed E-state index contributed by atoms with van der Waals surface area (Å²) >= 11 is 0. The van der Waals surface area contributed by atoms with Crippen molar-refractivity contribution in [2.75, 3.05) is 32.1 Å². The number of hydrogen-bond acceptors (Lipinski definition) is 5. The van der Waals surface area contributed by atoms with E-state index in [1.807, 2.05) is 73.5 Å². The number of rotatable bonds is 8. The number of aromatic nitrogens is 1. The number of carbonyl (C=O) groups excluding carboxylic acids is 1. The van der Waals surface area contributed by atoms with E-state index in [1.54, 1.807) is 6.07 Å². The Hall–Kier alpha value is -3.12. The van der Waals surface area contributed by atoms with Crippen LogP contribution in [0.25, 0.3) is 11.3 Å². The minimum absolute atomic E-state index is 0.163. The number of nitrogens with zero attached hydrogens (tertiary/aromatic N) is 2. The van der Waals surface area contributed by atoms with Crippen molar-refractivity contribution >= 4 is 11.8 Å². The zero-order chi connectivity index (χ0) is 19.1. The molecule has 1 aromatic heterocycles. The monoisotopic (exact) mass is 365 g/mol. The highest BCUT2D eigenvalue weighted by atomic mass is 16.5. The molecule has 1 amide bonds. The van der Waals surface area contributed by atoms with Gasteiger partial charge in [0.25, 0.3) is 0 Å². The first-order valence-corrected chi connectivity index (χ1v) is 8.80. The van der Waals surface area contributed by atoms with Crippen molar-refractivity contribution in [2.45, 2.75) is 6.92 Å². The first-order valence-electron chi connectivity index (χ1n) is 8.80. The summed E-state index contributed by atoms with van der Waals surface area (Å²) in [6, 6.07) is 19.3. The van der Waals surface area contributed by atoms with Crippen molar-refractivity contribution in [3.8, 4) is 17.0 Å². The molecule has 0 fully saturated rings. The molecule has 27 heavy (non-hydrogen) atoms. The van der Waals surface area contributed by atoms with Crippen molar-refractivity contribution in [1.29, 1.82) is 0 Å². The van der Waals surface area contributed by atoms with Crippen LogP contribution in [0.3, 0.4) is 0 Å². The molecule has 6 nitrogen and oxygen atoms in total. The van der Waals surface area contributed by atoms with E-state index >= 15 is 0 Å². The Bertz CT molecular complexity index is 860. The molecule has 0 unspecified atom stereocenters. The van der Waals surface area contributed by atoms with Crippen LogP contribution in [0, 0.1) is 6.92 Å². The van der Waals surface area contributed by atoms with Crippen LogP contribution in [0.1, 0.15) is 5.56 Å². The smallest absolute Gasteiger partial charge is 0.240 e. The highest BCUT2D eigenvalue weighted by Gasteiger charge is 2.11. The molecule has 6 heteroatoms. The molecule has 0 saturated heterocycles. The highest BCUT2D eigenvalue weighted by molar-refractivity contribution is 5.91. The third kappa shape index (κ3) is 5.69. The molecule has 140 valence electrons. The summed E-state index contributed by atoms with van der Waals surface area (Å²) in [4.78, 5) is 14.0. The molecule has 0 bridgehead atoms. The average molecular weight is 365 g/mol. The quantitative estimate of drug-likeness (QED) is 0.661. The number of ether oxygens (including phenoxy) is 1. The second-order valence-corrected chi connectivity index (χ2v) is 6.39. The number of benzene rings is 2. The van der Waals surface area contributed by atoms with Crippen molar-refractivity contribution in [3.05, 3.63) is 66.2 Å². The van der Waals surface area contributed by atoms with E-state index in [2.05, 4.69) is 10.5 Å².